The summed E-state index contributed by atoms with van der Waals surface area (Å²) in [5, 5.41) is 1.11. The molecule has 2 aromatic carbocycles. The Morgan fingerprint density at radius 2 is 1.95 bits per heavy atom. The first kappa shape index (κ1) is 14.9. The lowest BCUT2D eigenvalue weighted by molar-refractivity contribution is 0.112. The molecule has 0 radical (unpaired) electrons. The number of carbonyl (C=O) groups excluding carboxylic acids is 1. The highest BCUT2D eigenvalue weighted by molar-refractivity contribution is 6.32. The highest BCUT2D eigenvalue weighted by Crippen LogP contribution is 2.37. The number of hydrogen-bond donors (Lipinski definition) is 1. The Kier molecular flexibility index (Phi) is 3.81. The number of aromatic amines is 1. The van der Waals surface area contributed by atoms with E-state index < -0.39 is 5.82 Å². The van der Waals surface area contributed by atoms with Gasteiger partial charge in [-0.05, 0) is 30.3 Å². The van der Waals surface area contributed by atoms with Crippen LogP contribution in [0.25, 0.3) is 22.2 Å². The van der Waals surface area contributed by atoms with Gasteiger partial charge >= 0.3 is 0 Å². The lowest BCUT2D eigenvalue weighted by atomic mass is 10.1. The van der Waals surface area contributed by atoms with Gasteiger partial charge in [0, 0.05) is 26.6 Å². The van der Waals surface area contributed by atoms with Gasteiger partial charge in [0.05, 0.1) is 18.3 Å². The van der Waals surface area contributed by atoms with Crippen molar-refractivity contribution < 1.29 is 13.9 Å². The highest BCUT2D eigenvalue weighted by atomic mass is 35.5. The predicted octanol–water partition coefficient (Wildman–Crippen LogP) is 5.10. The Morgan fingerprint density at radius 3 is 2.64 bits per heavy atom. The maximum atomic E-state index is 14.1. The summed E-state index contributed by atoms with van der Waals surface area (Å²) < 4.78 is 19.4. The molecule has 3 nitrogen and oxygen atoms in total. The third-order valence-corrected chi connectivity index (χ3v) is 3.87. The fourth-order valence-electron chi connectivity index (χ4n) is 2.45. The molecule has 1 aromatic heterocycles. The van der Waals surface area contributed by atoms with E-state index in [0.29, 0.717) is 39.3 Å². The molecule has 0 amide bonds. The van der Waals surface area contributed by atoms with Gasteiger partial charge in [0.25, 0.3) is 0 Å². The number of benzene rings is 2. The molecule has 0 atom stereocenters. The van der Waals surface area contributed by atoms with E-state index in [0.717, 1.165) is 0 Å². The molecule has 0 spiro atoms. The number of nitrogens with one attached hydrogen (secondary N) is 1. The summed E-state index contributed by atoms with van der Waals surface area (Å²) in [6, 6.07) is 7.73. The summed E-state index contributed by atoms with van der Waals surface area (Å²) in [5.41, 5.74) is 1.52. The van der Waals surface area contributed by atoms with Gasteiger partial charge in [0.1, 0.15) is 11.6 Å². The van der Waals surface area contributed by atoms with Crippen molar-refractivity contribution in [2.24, 2.45) is 0 Å². The van der Waals surface area contributed by atoms with Crippen LogP contribution < -0.4 is 4.74 Å². The van der Waals surface area contributed by atoms with Crippen molar-refractivity contribution in [2.45, 2.75) is 0 Å². The van der Waals surface area contributed by atoms with E-state index in [1.807, 2.05) is 0 Å². The zero-order valence-corrected chi connectivity index (χ0v) is 12.9. The fraction of sp³-hybridized carbons (Fsp3) is 0.0625. The Hall–Kier alpha value is -2.04. The maximum Gasteiger partial charge on any atom is 0.152 e. The van der Waals surface area contributed by atoms with Crippen LogP contribution in [-0.4, -0.2) is 18.4 Å². The molecule has 0 aliphatic heterocycles. The normalized spacial score (nSPS) is 10.9. The molecule has 0 fully saturated rings. The van der Waals surface area contributed by atoms with Gasteiger partial charge in [-0.3, -0.25) is 4.79 Å². The number of H-pyrrole nitrogens is 1. The van der Waals surface area contributed by atoms with Crippen molar-refractivity contribution in [3.8, 4) is 17.0 Å². The standard InChI is InChI=1S/C16H10Cl2FNO2/c1-22-14-3-2-8(17)4-11(14)15-12(7-21)10-5-9(18)6-13(19)16(10)20-15/h2-7,20H,1H3. The van der Waals surface area contributed by atoms with Crippen LogP contribution in [0.4, 0.5) is 4.39 Å². The van der Waals surface area contributed by atoms with E-state index in [1.54, 1.807) is 24.3 Å². The van der Waals surface area contributed by atoms with E-state index in [4.69, 9.17) is 27.9 Å². The summed E-state index contributed by atoms with van der Waals surface area (Å²) in [7, 11) is 1.51. The first-order valence-corrected chi connectivity index (χ1v) is 7.10. The number of rotatable bonds is 3. The second-order valence-corrected chi connectivity index (χ2v) is 5.56. The number of hydrogen-bond acceptors (Lipinski definition) is 2. The minimum Gasteiger partial charge on any atom is -0.496 e. The van der Waals surface area contributed by atoms with Crippen molar-refractivity contribution in [3.05, 3.63) is 51.8 Å². The number of fused-ring (bicyclic) bond motifs is 1. The third kappa shape index (κ3) is 2.34. The number of methoxy groups -OCH3 is 1. The van der Waals surface area contributed by atoms with Gasteiger partial charge in [-0.15, -0.1) is 0 Å². The summed E-state index contributed by atoms with van der Waals surface area (Å²) in [5.74, 6) is -0.0107. The second-order valence-electron chi connectivity index (χ2n) is 4.69. The minimum absolute atomic E-state index is 0.212. The number of ether oxygens (including phenoxy) is 1. The molecular formula is C16H10Cl2FNO2. The molecule has 3 aromatic rings. The SMILES string of the molecule is COc1ccc(Cl)cc1-c1[nH]c2c(F)cc(Cl)cc2c1C=O. The van der Waals surface area contributed by atoms with Gasteiger partial charge in [-0.1, -0.05) is 23.2 Å². The molecule has 1 N–H and O–H groups in total. The van der Waals surface area contributed by atoms with E-state index in [-0.39, 0.29) is 10.5 Å². The fourth-order valence-corrected chi connectivity index (χ4v) is 2.83. The highest BCUT2D eigenvalue weighted by Gasteiger charge is 2.19. The van der Waals surface area contributed by atoms with Gasteiger partial charge in [0.15, 0.2) is 6.29 Å². The van der Waals surface area contributed by atoms with Crippen LogP contribution in [0.5, 0.6) is 5.75 Å². The van der Waals surface area contributed by atoms with Crippen LogP contribution in [0.1, 0.15) is 10.4 Å². The predicted molar refractivity (Wildman–Crippen MR) is 85.7 cm³/mol. The van der Waals surface area contributed by atoms with Crippen molar-refractivity contribution in [3.63, 3.8) is 0 Å². The molecule has 112 valence electrons. The van der Waals surface area contributed by atoms with Crippen LogP contribution in [0.2, 0.25) is 10.0 Å². The summed E-state index contributed by atoms with van der Waals surface area (Å²) in [4.78, 5) is 14.4. The first-order valence-electron chi connectivity index (χ1n) is 6.35. The summed E-state index contributed by atoms with van der Waals surface area (Å²) >= 11 is 11.9. The molecule has 1 heterocycles. The van der Waals surface area contributed by atoms with Crippen LogP contribution in [0, 0.1) is 5.82 Å². The quantitative estimate of drug-likeness (QED) is 0.675. The van der Waals surface area contributed by atoms with Crippen molar-refractivity contribution in [1.82, 2.24) is 4.98 Å². The molecule has 22 heavy (non-hydrogen) atoms. The average molecular weight is 338 g/mol. The van der Waals surface area contributed by atoms with Crippen LogP contribution >= 0.6 is 23.2 Å². The number of halogens is 3. The lowest BCUT2D eigenvalue weighted by Crippen LogP contribution is -1.91. The Bertz CT molecular complexity index is 889. The van der Waals surface area contributed by atoms with Gasteiger partial charge in [0.2, 0.25) is 0 Å². The van der Waals surface area contributed by atoms with E-state index >= 15 is 0 Å². The number of carbonyl (C=O) groups is 1. The average Bonchev–Trinajstić information content (AvgIpc) is 2.85. The minimum atomic E-state index is -0.530. The largest absolute Gasteiger partial charge is 0.496 e. The molecule has 0 saturated heterocycles. The molecule has 0 aliphatic carbocycles. The lowest BCUT2D eigenvalue weighted by Gasteiger charge is -2.08. The van der Waals surface area contributed by atoms with Crippen molar-refractivity contribution >= 4 is 40.4 Å². The van der Waals surface area contributed by atoms with Gasteiger partial charge in [-0.2, -0.15) is 0 Å². The smallest absolute Gasteiger partial charge is 0.152 e. The maximum absolute atomic E-state index is 14.1. The molecule has 3 rings (SSSR count). The van der Waals surface area contributed by atoms with Gasteiger partial charge in [-0.25, -0.2) is 4.39 Å². The van der Waals surface area contributed by atoms with E-state index in [9.17, 15) is 9.18 Å². The number of aromatic nitrogens is 1. The van der Waals surface area contributed by atoms with E-state index in [2.05, 4.69) is 4.98 Å². The Labute approximate surface area is 135 Å². The zero-order chi connectivity index (χ0) is 15.9. The molecule has 0 bridgehead atoms. The Balaban J connectivity index is 2.39. The monoisotopic (exact) mass is 337 g/mol. The molecule has 0 saturated carbocycles. The van der Waals surface area contributed by atoms with Crippen molar-refractivity contribution in [1.29, 1.82) is 0 Å². The van der Waals surface area contributed by atoms with Crippen LogP contribution in [0.15, 0.2) is 30.3 Å². The molecular weight excluding hydrogens is 328 g/mol. The molecule has 6 heteroatoms. The molecule has 0 unspecified atom stereocenters. The van der Waals surface area contributed by atoms with Crippen molar-refractivity contribution in [2.75, 3.05) is 7.11 Å². The van der Waals surface area contributed by atoms with Crippen LogP contribution in [-0.2, 0) is 0 Å². The summed E-state index contributed by atoms with van der Waals surface area (Å²) in [6.45, 7) is 0. The molecule has 0 aliphatic rings. The third-order valence-electron chi connectivity index (χ3n) is 3.41. The Morgan fingerprint density at radius 1 is 1.18 bits per heavy atom. The summed E-state index contributed by atoms with van der Waals surface area (Å²) in [6.07, 6.45) is 0.657. The first-order chi connectivity index (χ1) is 10.5. The zero-order valence-electron chi connectivity index (χ0n) is 11.4. The van der Waals surface area contributed by atoms with Gasteiger partial charge < -0.3 is 9.72 Å². The van der Waals surface area contributed by atoms with E-state index in [1.165, 1.54) is 13.2 Å². The van der Waals surface area contributed by atoms with Crippen LogP contribution in [0.3, 0.4) is 0 Å². The number of aldehydes is 1. The second kappa shape index (κ2) is 5.63. The topological polar surface area (TPSA) is 42.1 Å².